The third-order valence-electron chi connectivity index (χ3n) is 6.03. The number of anilines is 3. The van der Waals surface area contributed by atoms with Crippen LogP contribution in [0.25, 0.3) is 11.0 Å². The lowest BCUT2D eigenvalue weighted by Gasteiger charge is -2.34. The van der Waals surface area contributed by atoms with E-state index in [-0.39, 0.29) is 40.7 Å². The predicted octanol–water partition coefficient (Wildman–Crippen LogP) is 3.76. The summed E-state index contributed by atoms with van der Waals surface area (Å²) in [6.45, 7) is 0.928. The van der Waals surface area contributed by atoms with Crippen molar-refractivity contribution in [1.29, 1.82) is 0 Å². The molecule has 5 rings (SSSR count). The molecule has 0 saturated carbocycles. The van der Waals surface area contributed by atoms with E-state index in [0.717, 1.165) is 24.5 Å². The van der Waals surface area contributed by atoms with Crippen LogP contribution in [0.15, 0.2) is 37.2 Å². The number of halogens is 5. The van der Waals surface area contributed by atoms with Gasteiger partial charge in [0.05, 0.1) is 23.3 Å². The van der Waals surface area contributed by atoms with E-state index >= 15 is 0 Å². The second-order valence-electron chi connectivity index (χ2n) is 8.02. The molecule has 0 unspecified atom stereocenters. The fraction of sp³-hybridized carbons (Fsp3) is 0.273. The average Bonchev–Trinajstić information content (AvgIpc) is 3.44. The maximum absolute atomic E-state index is 15.0. The first-order valence-electron chi connectivity index (χ1n) is 10.5. The Morgan fingerprint density at radius 1 is 1.17 bits per heavy atom. The van der Waals surface area contributed by atoms with Crippen molar-refractivity contribution in [3.8, 4) is 5.75 Å². The molecule has 3 aromatic rings. The number of ether oxygens (including phenoxy) is 1. The van der Waals surface area contributed by atoms with Crippen LogP contribution in [0.2, 0.25) is 0 Å². The van der Waals surface area contributed by atoms with Crippen molar-refractivity contribution >= 4 is 34.3 Å². The third-order valence-corrected chi connectivity index (χ3v) is 6.03. The molecule has 0 radical (unpaired) electrons. The molecule has 0 spiro atoms. The third kappa shape index (κ3) is 3.96. The molecule has 2 aliphatic rings. The monoisotopic (exact) mass is 492 g/mol. The normalized spacial score (nSPS) is 19.0. The van der Waals surface area contributed by atoms with Gasteiger partial charge in [-0.1, -0.05) is 6.58 Å². The Labute approximate surface area is 195 Å². The van der Waals surface area contributed by atoms with Crippen LogP contribution in [-0.2, 0) is 4.79 Å². The Bertz CT molecular complexity index is 1340. The van der Waals surface area contributed by atoms with E-state index in [4.69, 9.17) is 0 Å². The zero-order chi connectivity index (χ0) is 24.9. The molecule has 2 bridgehead atoms. The van der Waals surface area contributed by atoms with E-state index in [1.807, 2.05) is 0 Å². The van der Waals surface area contributed by atoms with Gasteiger partial charge in [0, 0.05) is 19.2 Å². The van der Waals surface area contributed by atoms with Gasteiger partial charge in [0.1, 0.15) is 11.8 Å². The van der Waals surface area contributed by atoms with E-state index < -0.39 is 35.5 Å². The van der Waals surface area contributed by atoms with Gasteiger partial charge in [0.25, 0.3) is 0 Å². The first-order valence-corrected chi connectivity index (χ1v) is 10.5. The zero-order valence-corrected chi connectivity index (χ0v) is 17.9. The number of nitrogens with zero attached hydrogens (tertiary/aromatic N) is 5. The van der Waals surface area contributed by atoms with Gasteiger partial charge in [-0.2, -0.15) is 13.2 Å². The summed E-state index contributed by atoms with van der Waals surface area (Å²) < 4.78 is 72.3. The Morgan fingerprint density at radius 2 is 1.97 bits per heavy atom. The molecule has 4 heterocycles. The smallest absolute Gasteiger partial charge is 0.387 e. The first-order chi connectivity index (χ1) is 16.8. The Hall–Kier alpha value is -4.03. The van der Waals surface area contributed by atoms with Crippen LogP contribution < -0.4 is 15.0 Å². The molecule has 2 fully saturated rings. The fourth-order valence-electron chi connectivity index (χ4n) is 4.50. The molecule has 2 aromatic heterocycles. The quantitative estimate of drug-likeness (QED) is 0.415. The zero-order valence-electron chi connectivity index (χ0n) is 17.9. The van der Waals surface area contributed by atoms with Gasteiger partial charge in [-0.3, -0.25) is 4.79 Å². The van der Waals surface area contributed by atoms with Gasteiger partial charge >= 0.3 is 6.61 Å². The number of hydrogen-bond donors (Lipinski definition) is 1. The molecule has 8 nitrogen and oxygen atoms in total. The highest BCUT2D eigenvalue weighted by Gasteiger charge is 2.46. The topological polar surface area (TPSA) is 83.5 Å². The summed E-state index contributed by atoms with van der Waals surface area (Å²) >= 11 is 0. The minimum Gasteiger partial charge on any atom is -0.432 e. The highest BCUT2D eigenvalue weighted by molar-refractivity contribution is 5.89. The minimum absolute atomic E-state index is 0.0147. The van der Waals surface area contributed by atoms with Gasteiger partial charge in [-0.25, -0.2) is 23.7 Å². The van der Waals surface area contributed by atoms with Crippen LogP contribution in [0.5, 0.6) is 5.75 Å². The van der Waals surface area contributed by atoms with E-state index in [1.54, 1.807) is 9.80 Å². The van der Waals surface area contributed by atoms with Crippen LogP contribution in [-0.4, -0.2) is 57.5 Å². The summed E-state index contributed by atoms with van der Waals surface area (Å²) in [4.78, 5) is 27.8. The standard InChI is InChI=1S/C22H17F5N6O2/c1-2-16(34)32-7-11-5-10(32)8-33(11)21-12(23)6-14-19(31-21)20(29-9-28-14)30-13-3-4-15(35-22(26)27)18(25)17(13)24/h2-4,6,9-11,22H,1,5,7-8H2,(H,28,29,30)/t10-,11-/m0/s1. The van der Waals surface area contributed by atoms with Crippen LogP contribution in [0.1, 0.15) is 6.42 Å². The summed E-state index contributed by atoms with van der Waals surface area (Å²) in [5, 5.41) is 2.56. The summed E-state index contributed by atoms with van der Waals surface area (Å²) in [6, 6.07) is 2.72. The Balaban J connectivity index is 1.47. The number of aromatic nitrogens is 3. The summed E-state index contributed by atoms with van der Waals surface area (Å²) in [6.07, 6.45) is 2.97. The number of rotatable bonds is 6. The van der Waals surface area contributed by atoms with Crippen molar-refractivity contribution in [2.75, 3.05) is 23.3 Å². The number of fused-ring (bicyclic) bond motifs is 3. The molecule has 1 amide bonds. The largest absolute Gasteiger partial charge is 0.432 e. The lowest BCUT2D eigenvalue weighted by atomic mass is 10.2. The number of pyridine rings is 1. The van der Waals surface area contributed by atoms with Gasteiger partial charge in [0.2, 0.25) is 11.7 Å². The molecule has 2 saturated heterocycles. The van der Waals surface area contributed by atoms with Crippen molar-refractivity contribution in [2.24, 2.45) is 0 Å². The molecule has 0 aliphatic carbocycles. The molecule has 1 aromatic carbocycles. The highest BCUT2D eigenvalue weighted by Crippen LogP contribution is 2.37. The van der Waals surface area contributed by atoms with Gasteiger partial charge in [-0.05, 0) is 24.6 Å². The van der Waals surface area contributed by atoms with Gasteiger partial charge in [0.15, 0.2) is 29.0 Å². The maximum Gasteiger partial charge on any atom is 0.387 e. The van der Waals surface area contributed by atoms with Gasteiger partial charge in [-0.15, -0.1) is 0 Å². The minimum atomic E-state index is -3.33. The second-order valence-corrected chi connectivity index (χ2v) is 8.02. The number of nitrogens with one attached hydrogen (secondary N) is 1. The summed E-state index contributed by atoms with van der Waals surface area (Å²) in [5.74, 6) is -4.90. The molecular formula is C22H17F5N6O2. The van der Waals surface area contributed by atoms with Crippen LogP contribution in [0.3, 0.4) is 0 Å². The Kier molecular flexibility index (Phi) is 5.61. The van der Waals surface area contributed by atoms with Gasteiger partial charge < -0.3 is 19.9 Å². The fourth-order valence-corrected chi connectivity index (χ4v) is 4.50. The SMILES string of the molecule is C=CC(=O)N1C[C@@H]2C[C@H]1CN2c1nc2c(Nc3ccc(OC(F)F)c(F)c3F)ncnc2cc1F. The summed E-state index contributed by atoms with van der Waals surface area (Å²) in [5.41, 5.74) is -0.232. The number of carbonyl (C=O) groups is 1. The molecule has 2 aliphatic heterocycles. The number of piperazine rings is 1. The molecule has 2 atom stereocenters. The van der Waals surface area contributed by atoms with Crippen molar-refractivity contribution in [3.63, 3.8) is 0 Å². The summed E-state index contributed by atoms with van der Waals surface area (Å²) in [7, 11) is 0. The van der Waals surface area contributed by atoms with E-state index in [2.05, 4.69) is 31.6 Å². The lowest BCUT2D eigenvalue weighted by Crippen LogP contribution is -2.48. The number of amides is 1. The number of alkyl halides is 2. The second kappa shape index (κ2) is 8.64. The van der Waals surface area contributed by atoms with Crippen LogP contribution in [0, 0.1) is 17.5 Å². The van der Waals surface area contributed by atoms with E-state index in [0.29, 0.717) is 19.5 Å². The predicted molar refractivity (Wildman–Crippen MR) is 115 cm³/mol. The van der Waals surface area contributed by atoms with Crippen molar-refractivity contribution in [2.45, 2.75) is 25.1 Å². The number of hydrogen-bond acceptors (Lipinski definition) is 7. The number of carbonyl (C=O) groups excluding carboxylic acids is 1. The van der Waals surface area contributed by atoms with Crippen molar-refractivity contribution in [3.05, 3.63) is 54.6 Å². The van der Waals surface area contributed by atoms with Crippen LogP contribution >= 0.6 is 0 Å². The molecule has 1 N–H and O–H groups in total. The maximum atomic E-state index is 15.0. The van der Waals surface area contributed by atoms with Crippen LogP contribution in [0.4, 0.5) is 39.3 Å². The molecular weight excluding hydrogens is 475 g/mol. The van der Waals surface area contributed by atoms with Crippen molar-refractivity contribution < 1.29 is 31.5 Å². The first kappa shape index (κ1) is 22.7. The lowest BCUT2D eigenvalue weighted by molar-refractivity contribution is -0.127. The molecule has 13 heteroatoms. The Morgan fingerprint density at radius 3 is 2.66 bits per heavy atom. The van der Waals surface area contributed by atoms with E-state index in [1.165, 1.54) is 6.08 Å². The van der Waals surface area contributed by atoms with Crippen molar-refractivity contribution in [1.82, 2.24) is 19.9 Å². The average molecular weight is 492 g/mol. The molecule has 35 heavy (non-hydrogen) atoms. The highest BCUT2D eigenvalue weighted by atomic mass is 19.3. The number of benzene rings is 1. The number of likely N-dealkylation sites (tertiary alicyclic amines) is 1. The molecule has 182 valence electrons. The van der Waals surface area contributed by atoms with E-state index in [9.17, 15) is 26.7 Å².